The van der Waals surface area contributed by atoms with Crippen LogP contribution >= 0.6 is 23.2 Å². The van der Waals surface area contributed by atoms with Crippen molar-refractivity contribution in [2.24, 2.45) is 21.1 Å². The molecule has 1 aliphatic carbocycles. The quantitative estimate of drug-likeness (QED) is 0.475. The zero-order chi connectivity index (χ0) is 22.7. The number of aromatic nitrogens is 1. The number of piperidine rings is 1. The Morgan fingerprint density at radius 3 is 2.84 bits per heavy atom. The molecule has 2 aliphatic rings. The average Bonchev–Trinajstić information content (AvgIpc) is 3.04. The summed E-state index contributed by atoms with van der Waals surface area (Å²) in [6, 6.07) is 7.69. The fourth-order valence-corrected chi connectivity index (χ4v) is 5.04. The molecule has 1 aliphatic heterocycles. The lowest BCUT2D eigenvalue weighted by molar-refractivity contribution is 0.127. The Bertz CT molecular complexity index is 1100. The van der Waals surface area contributed by atoms with Crippen LogP contribution in [0, 0.1) is 12.3 Å². The van der Waals surface area contributed by atoms with Crippen LogP contribution in [0.5, 0.6) is 0 Å². The number of amidine groups is 1. The van der Waals surface area contributed by atoms with Crippen LogP contribution in [0.15, 0.2) is 65.5 Å². The van der Waals surface area contributed by atoms with Crippen molar-refractivity contribution in [3.8, 4) is 0 Å². The van der Waals surface area contributed by atoms with Crippen molar-refractivity contribution in [3.05, 3.63) is 87.9 Å². The Kier molecular flexibility index (Phi) is 6.79. The van der Waals surface area contributed by atoms with E-state index in [1.54, 1.807) is 24.7 Å². The van der Waals surface area contributed by atoms with Gasteiger partial charge in [-0.05, 0) is 54.9 Å². The molecule has 1 spiro atoms. The van der Waals surface area contributed by atoms with E-state index in [-0.39, 0.29) is 11.5 Å². The molecule has 1 fully saturated rings. The van der Waals surface area contributed by atoms with Crippen molar-refractivity contribution in [1.29, 1.82) is 0 Å². The Morgan fingerprint density at radius 2 is 2.09 bits per heavy atom. The number of aliphatic imine (C=N–C) groups is 2. The molecule has 7 heteroatoms. The highest BCUT2D eigenvalue weighted by Crippen LogP contribution is 2.50. The maximum absolute atomic E-state index is 6.68. The lowest BCUT2D eigenvalue weighted by Crippen LogP contribution is -2.46. The van der Waals surface area contributed by atoms with Crippen LogP contribution in [0.25, 0.3) is 0 Å². The van der Waals surface area contributed by atoms with Crippen LogP contribution in [-0.2, 0) is 6.42 Å². The van der Waals surface area contributed by atoms with Gasteiger partial charge in [0.25, 0.3) is 0 Å². The number of likely N-dealkylation sites (tertiary alicyclic amines) is 1. The van der Waals surface area contributed by atoms with Crippen molar-refractivity contribution < 1.29 is 0 Å². The number of hydrogen-bond acceptors (Lipinski definition) is 4. The largest absolute Gasteiger partial charge is 0.357 e. The summed E-state index contributed by atoms with van der Waals surface area (Å²) in [6.07, 6.45) is 11.8. The zero-order valence-electron chi connectivity index (χ0n) is 18.1. The number of nitrogens with two attached hydrogens (primary N) is 1. The average molecular weight is 468 g/mol. The summed E-state index contributed by atoms with van der Waals surface area (Å²) >= 11 is 12.3. The Hall–Kier alpha value is -2.47. The lowest BCUT2D eigenvalue weighted by atomic mass is 9.73. The van der Waals surface area contributed by atoms with E-state index in [0.717, 1.165) is 49.4 Å². The fourth-order valence-electron chi connectivity index (χ4n) is 4.69. The second-order valence-corrected chi connectivity index (χ2v) is 9.25. The minimum Gasteiger partial charge on any atom is -0.357 e. The van der Waals surface area contributed by atoms with E-state index in [1.807, 2.05) is 24.4 Å². The molecular formula is C25H27Cl2N5. The van der Waals surface area contributed by atoms with Crippen molar-refractivity contribution in [2.45, 2.75) is 32.2 Å². The second-order valence-electron chi connectivity index (χ2n) is 8.47. The molecule has 5 nitrogen and oxygen atoms in total. The summed E-state index contributed by atoms with van der Waals surface area (Å²) in [6.45, 7) is 7.60. The molecule has 0 saturated carbocycles. The summed E-state index contributed by atoms with van der Waals surface area (Å²) in [4.78, 5) is 15.7. The summed E-state index contributed by atoms with van der Waals surface area (Å²) in [5.41, 5.74) is 11.1. The number of aryl methyl sites for hydroxylation is 1. The predicted molar refractivity (Wildman–Crippen MR) is 134 cm³/mol. The molecule has 1 saturated heterocycles. The van der Waals surface area contributed by atoms with Crippen LogP contribution in [0.1, 0.15) is 41.3 Å². The van der Waals surface area contributed by atoms with Gasteiger partial charge in [-0.2, -0.15) is 0 Å². The van der Waals surface area contributed by atoms with Crippen molar-refractivity contribution >= 4 is 35.3 Å². The lowest BCUT2D eigenvalue weighted by Gasteiger charge is -2.42. The molecule has 0 radical (unpaired) electrons. The first kappa shape index (κ1) is 22.7. The van der Waals surface area contributed by atoms with Crippen molar-refractivity contribution in [1.82, 2.24) is 9.88 Å². The topological polar surface area (TPSA) is 66.9 Å². The third-order valence-electron chi connectivity index (χ3n) is 6.45. The zero-order valence-corrected chi connectivity index (χ0v) is 19.7. The number of nitrogens with zero attached hydrogens (tertiary/aromatic N) is 4. The van der Waals surface area contributed by atoms with Gasteiger partial charge in [0, 0.05) is 43.5 Å². The van der Waals surface area contributed by atoms with Gasteiger partial charge in [-0.1, -0.05) is 48.0 Å². The maximum atomic E-state index is 6.68. The smallest absolute Gasteiger partial charge is 0.129 e. The summed E-state index contributed by atoms with van der Waals surface area (Å²) in [5.74, 6) is 0.835. The molecule has 2 aromatic rings. The highest BCUT2D eigenvalue weighted by molar-refractivity contribution is 6.43. The maximum Gasteiger partial charge on any atom is 0.129 e. The monoisotopic (exact) mass is 467 g/mol. The molecule has 166 valence electrons. The van der Waals surface area contributed by atoms with Gasteiger partial charge >= 0.3 is 0 Å². The van der Waals surface area contributed by atoms with E-state index in [9.17, 15) is 0 Å². The van der Waals surface area contributed by atoms with Gasteiger partial charge in [0.15, 0.2) is 0 Å². The summed E-state index contributed by atoms with van der Waals surface area (Å²) in [7, 11) is 0. The molecule has 2 heterocycles. The van der Waals surface area contributed by atoms with Crippen LogP contribution in [0.3, 0.4) is 0 Å². The predicted octanol–water partition coefficient (Wildman–Crippen LogP) is 5.51. The van der Waals surface area contributed by atoms with Crippen LogP contribution < -0.4 is 5.73 Å². The molecule has 1 aromatic heterocycles. The molecule has 4 rings (SSSR count). The summed E-state index contributed by atoms with van der Waals surface area (Å²) in [5, 5.41) is 1.000. The molecule has 0 amide bonds. The molecule has 1 atom stereocenters. The first-order chi connectivity index (χ1) is 15.4. The Labute approximate surface area is 199 Å². The minimum absolute atomic E-state index is 0.0115. The number of rotatable bonds is 4. The fraction of sp³-hybridized carbons (Fsp3) is 0.320. The van der Waals surface area contributed by atoms with Crippen LogP contribution in [-0.4, -0.2) is 35.0 Å². The minimum atomic E-state index is -0.0115. The third-order valence-corrected chi connectivity index (χ3v) is 7.28. The van der Waals surface area contributed by atoms with Gasteiger partial charge in [-0.15, -0.1) is 0 Å². The number of hydrogen-bond donors (Lipinski definition) is 1. The van der Waals surface area contributed by atoms with Gasteiger partial charge in [0.05, 0.1) is 21.8 Å². The van der Waals surface area contributed by atoms with Crippen LogP contribution in [0.2, 0.25) is 10.0 Å². The number of pyridine rings is 1. The van der Waals surface area contributed by atoms with Gasteiger partial charge < -0.3 is 10.6 Å². The van der Waals surface area contributed by atoms with Crippen molar-refractivity contribution in [2.75, 3.05) is 13.1 Å². The Balaban J connectivity index is 1.43. The van der Waals surface area contributed by atoms with Gasteiger partial charge in [0.1, 0.15) is 5.84 Å². The third kappa shape index (κ3) is 4.51. The van der Waals surface area contributed by atoms with Crippen molar-refractivity contribution in [3.63, 3.8) is 0 Å². The standard InChI is InChI=1S/C25H27Cl2N5/c1-3-30-21(7-10-29-16-18-5-4-6-20(26)22(18)27)32-11-8-25(9-12-32)14-19-13-17(2)15-31-23(19)24(25)28/h3-7,10,13,15-16,24H,1,8-9,11-12,14,28H2,2H3/b10-7+,29-16+,30-21+. The molecular weight excluding hydrogens is 441 g/mol. The number of benzene rings is 1. The SMILES string of the molecule is C=C\N=C(/C=C/N=C/c1cccc(Cl)c1Cl)N1CCC2(CC1)Cc1cc(C)cnc1C2N. The molecule has 32 heavy (non-hydrogen) atoms. The van der Waals surface area contributed by atoms with E-state index in [2.05, 4.69) is 39.4 Å². The first-order valence-electron chi connectivity index (χ1n) is 10.7. The van der Waals surface area contributed by atoms with E-state index in [0.29, 0.717) is 10.0 Å². The summed E-state index contributed by atoms with van der Waals surface area (Å²) < 4.78 is 0. The van der Waals surface area contributed by atoms with E-state index < -0.39 is 0 Å². The highest BCUT2D eigenvalue weighted by Gasteiger charge is 2.47. The number of halogens is 2. The van der Waals surface area contributed by atoms with E-state index >= 15 is 0 Å². The Morgan fingerprint density at radius 1 is 1.31 bits per heavy atom. The first-order valence-corrected chi connectivity index (χ1v) is 11.5. The van der Waals surface area contributed by atoms with E-state index in [4.69, 9.17) is 28.9 Å². The van der Waals surface area contributed by atoms with E-state index in [1.165, 1.54) is 11.1 Å². The second kappa shape index (κ2) is 9.57. The van der Waals surface area contributed by atoms with Crippen LogP contribution in [0.4, 0.5) is 0 Å². The molecule has 1 unspecified atom stereocenters. The molecule has 1 aromatic carbocycles. The van der Waals surface area contributed by atoms with Gasteiger partial charge in [-0.3, -0.25) is 9.98 Å². The molecule has 2 N–H and O–H groups in total. The molecule has 0 bridgehead atoms. The number of fused-ring (bicyclic) bond motifs is 1. The van der Waals surface area contributed by atoms with Gasteiger partial charge in [0.2, 0.25) is 0 Å². The normalized spacial score (nSPS) is 20.4. The van der Waals surface area contributed by atoms with Gasteiger partial charge in [-0.25, -0.2) is 4.99 Å². The highest BCUT2D eigenvalue weighted by atomic mass is 35.5.